The van der Waals surface area contributed by atoms with Crippen molar-refractivity contribution in [2.45, 2.75) is 0 Å². The van der Waals surface area contributed by atoms with E-state index in [-0.39, 0.29) is 5.56 Å². The first-order chi connectivity index (χ1) is 13.2. The van der Waals surface area contributed by atoms with Gasteiger partial charge in [-0.15, -0.1) is 0 Å². The molecule has 0 unspecified atom stereocenters. The molecule has 0 bridgehead atoms. The quantitative estimate of drug-likeness (QED) is 0.632. The van der Waals surface area contributed by atoms with Crippen LogP contribution < -0.4 is 20.1 Å². The Kier molecular flexibility index (Phi) is 4.44. The summed E-state index contributed by atoms with van der Waals surface area (Å²) in [6.07, 6.45) is 1.42. The Labute approximate surface area is 154 Å². The average Bonchev–Trinajstić information content (AvgIpc) is 2.68. The van der Waals surface area contributed by atoms with Crippen LogP contribution in [0, 0.1) is 0 Å². The molecule has 1 aliphatic heterocycles. The second kappa shape index (κ2) is 7.20. The SMILES string of the molecule is O=C(O)c1cccc(Nc2cc(Nc3ccc4c(c3)OCCO4)ncn2)c1. The molecule has 2 aromatic carbocycles. The highest BCUT2D eigenvalue weighted by Crippen LogP contribution is 2.33. The molecule has 8 nitrogen and oxygen atoms in total. The van der Waals surface area contributed by atoms with Crippen LogP contribution in [0.2, 0.25) is 0 Å². The van der Waals surface area contributed by atoms with E-state index in [2.05, 4.69) is 20.6 Å². The fourth-order valence-corrected chi connectivity index (χ4v) is 2.64. The van der Waals surface area contributed by atoms with Crippen molar-refractivity contribution in [2.75, 3.05) is 23.8 Å². The molecule has 3 aromatic rings. The van der Waals surface area contributed by atoms with Crippen LogP contribution in [0.3, 0.4) is 0 Å². The summed E-state index contributed by atoms with van der Waals surface area (Å²) in [4.78, 5) is 19.5. The fraction of sp³-hybridized carbons (Fsp3) is 0.105. The van der Waals surface area contributed by atoms with E-state index in [9.17, 15) is 4.79 Å². The van der Waals surface area contributed by atoms with Crippen molar-refractivity contribution in [3.05, 3.63) is 60.4 Å². The number of aromatic nitrogens is 2. The van der Waals surface area contributed by atoms with Gasteiger partial charge in [-0.1, -0.05) is 6.07 Å². The van der Waals surface area contributed by atoms with Crippen LogP contribution in [0.25, 0.3) is 0 Å². The topological polar surface area (TPSA) is 106 Å². The summed E-state index contributed by atoms with van der Waals surface area (Å²) in [5.41, 5.74) is 1.62. The minimum atomic E-state index is -0.984. The molecular formula is C19H16N4O4. The van der Waals surface area contributed by atoms with E-state index in [0.29, 0.717) is 36.3 Å². The Balaban J connectivity index is 1.51. The lowest BCUT2D eigenvalue weighted by atomic mass is 10.2. The predicted molar refractivity (Wildman–Crippen MR) is 99.4 cm³/mol. The number of hydrogen-bond acceptors (Lipinski definition) is 7. The third-order valence-electron chi connectivity index (χ3n) is 3.86. The molecule has 0 fully saturated rings. The molecule has 136 valence electrons. The highest BCUT2D eigenvalue weighted by atomic mass is 16.6. The summed E-state index contributed by atoms with van der Waals surface area (Å²) in [5.74, 6) is 1.53. The maximum absolute atomic E-state index is 11.1. The Hall–Kier alpha value is -3.81. The lowest BCUT2D eigenvalue weighted by molar-refractivity contribution is 0.0697. The number of carboxylic acids is 1. The molecule has 27 heavy (non-hydrogen) atoms. The lowest BCUT2D eigenvalue weighted by Gasteiger charge is -2.19. The van der Waals surface area contributed by atoms with Gasteiger partial charge in [0.25, 0.3) is 0 Å². The van der Waals surface area contributed by atoms with Gasteiger partial charge >= 0.3 is 5.97 Å². The molecule has 3 N–H and O–H groups in total. The van der Waals surface area contributed by atoms with Crippen LogP contribution in [0.1, 0.15) is 10.4 Å². The number of nitrogens with zero attached hydrogens (tertiary/aromatic N) is 2. The standard InChI is InChI=1S/C19H16N4O4/c24-19(25)12-2-1-3-13(8-12)22-17-10-18(21-11-20-17)23-14-4-5-15-16(9-14)27-7-6-26-15/h1-5,8-11H,6-7H2,(H,24,25)(H2,20,21,22,23). The molecule has 0 aliphatic carbocycles. The van der Waals surface area contributed by atoms with E-state index in [0.717, 1.165) is 11.4 Å². The zero-order chi connectivity index (χ0) is 18.6. The number of rotatable bonds is 5. The van der Waals surface area contributed by atoms with Crippen LogP contribution in [0.15, 0.2) is 54.9 Å². The zero-order valence-corrected chi connectivity index (χ0v) is 14.2. The Bertz CT molecular complexity index is 993. The van der Waals surface area contributed by atoms with Crippen LogP contribution in [-0.2, 0) is 0 Å². The highest BCUT2D eigenvalue weighted by Gasteiger charge is 2.12. The normalized spacial score (nSPS) is 12.3. The molecule has 0 spiro atoms. The lowest BCUT2D eigenvalue weighted by Crippen LogP contribution is -2.15. The predicted octanol–water partition coefficient (Wildman–Crippen LogP) is 3.43. The summed E-state index contributed by atoms with van der Waals surface area (Å²) in [5, 5.41) is 15.4. The summed E-state index contributed by atoms with van der Waals surface area (Å²) >= 11 is 0. The van der Waals surface area contributed by atoms with E-state index in [1.807, 2.05) is 18.2 Å². The third-order valence-corrected chi connectivity index (χ3v) is 3.86. The number of carboxylic acid groups (broad SMARTS) is 1. The molecule has 0 saturated heterocycles. The smallest absolute Gasteiger partial charge is 0.335 e. The Morgan fingerprint density at radius 2 is 1.59 bits per heavy atom. The minimum absolute atomic E-state index is 0.198. The van der Waals surface area contributed by atoms with Gasteiger partial charge in [0.1, 0.15) is 31.2 Å². The number of anilines is 4. The number of hydrogen-bond donors (Lipinski definition) is 3. The molecule has 0 amide bonds. The van der Waals surface area contributed by atoms with Crippen molar-refractivity contribution < 1.29 is 19.4 Å². The average molecular weight is 364 g/mol. The highest BCUT2D eigenvalue weighted by molar-refractivity contribution is 5.89. The van der Waals surface area contributed by atoms with E-state index in [1.54, 1.807) is 24.3 Å². The van der Waals surface area contributed by atoms with Crippen LogP contribution in [0.5, 0.6) is 11.5 Å². The summed E-state index contributed by atoms with van der Waals surface area (Å²) in [7, 11) is 0. The van der Waals surface area contributed by atoms with E-state index < -0.39 is 5.97 Å². The van der Waals surface area contributed by atoms with E-state index >= 15 is 0 Å². The molecule has 0 radical (unpaired) electrons. The zero-order valence-electron chi connectivity index (χ0n) is 14.2. The molecule has 4 rings (SSSR count). The molecule has 0 saturated carbocycles. The van der Waals surface area contributed by atoms with Crippen LogP contribution in [0.4, 0.5) is 23.0 Å². The number of benzene rings is 2. The van der Waals surface area contributed by atoms with E-state index in [1.165, 1.54) is 12.4 Å². The maximum Gasteiger partial charge on any atom is 0.335 e. The molecule has 8 heteroatoms. The largest absolute Gasteiger partial charge is 0.486 e. The Morgan fingerprint density at radius 1 is 0.889 bits per heavy atom. The van der Waals surface area contributed by atoms with Crippen molar-refractivity contribution in [3.8, 4) is 11.5 Å². The second-order valence-corrected chi connectivity index (χ2v) is 5.78. The van der Waals surface area contributed by atoms with Crippen LogP contribution in [-0.4, -0.2) is 34.3 Å². The van der Waals surface area contributed by atoms with Crippen molar-refractivity contribution in [2.24, 2.45) is 0 Å². The molecular weight excluding hydrogens is 348 g/mol. The first-order valence-corrected chi connectivity index (χ1v) is 8.26. The number of ether oxygens (including phenoxy) is 2. The van der Waals surface area contributed by atoms with Crippen molar-refractivity contribution in [1.82, 2.24) is 9.97 Å². The summed E-state index contributed by atoms with van der Waals surface area (Å²) in [6, 6.07) is 13.8. The van der Waals surface area contributed by atoms with Gasteiger partial charge in [-0.05, 0) is 30.3 Å². The Morgan fingerprint density at radius 3 is 2.33 bits per heavy atom. The van der Waals surface area contributed by atoms with Gasteiger partial charge in [0.05, 0.1) is 5.56 Å². The minimum Gasteiger partial charge on any atom is -0.486 e. The van der Waals surface area contributed by atoms with Gasteiger partial charge in [0, 0.05) is 23.5 Å². The molecule has 2 heterocycles. The molecule has 1 aliphatic rings. The third kappa shape index (κ3) is 3.90. The fourth-order valence-electron chi connectivity index (χ4n) is 2.64. The van der Waals surface area contributed by atoms with Crippen molar-refractivity contribution >= 4 is 29.0 Å². The van der Waals surface area contributed by atoms with Gasteiger partial charge in [-0.3, -0.25) is 0 Å². The van der Waals surface area contributed by atoms with Gasteiger partial charge in [-0.25, -0.2) is 14.8 Å². The van der Waals surface area contributed by atoms with Crippen molar-refractivity contribution in [1.29, 1.82) is 0 Å². The van der Waals surface area contributed by atoms with E-state index in [4.69, 9.17) is 14.6 Å². The van der Waals surface area contributed by atoms with Gasteiger partial charge in [0.15, 0.2) is 11.5 Å². The second-order valence-electron chi connectivity index (χ2n) is 5.78. The van der Waals surface area contributed by atoms with Gasteiger partial charge < -0.3 is 25.2 Å². The van der Waals surface area contributed by atoms with Crippen molar-refractivity contribution in [3.63, 3.8) is 0 Å². The maximum atomic E-state index is 11.1. The number of fused-ring (bicyclic) bond motifs is 1. The van der Waals surface area contributed by atoms with Gasteiger partial charge in [-0.2, -0.15) is 0 Å². The molecule has 1 aromatic heterocycles. The summed E-state index contributed by atoms with van der Waals surface area (Å²) in [6.45, 7) is 1.07. The van der Waals surface area contributed by atoms with Gasteiger partial charge in [0.2, 0.25) is 0 Å². The number of carbonyl (C=O) groups is 1. The number of aromatic carboxylic acids is 1. The molecule has 0 atom stereocenters. The van der Waals surface area contributed by atoms with Crippen LogP contribution >= 0.6 is 0 Å². The first-order valence-electron chi connectivity index (χ1n) is 8.26. The number of nitrogens with one attached hydrogen (secondary N) is 2. The first kappa shape index (κ1) is 16.6. The summed E-state index contributed by atoms with van der Waals surface area (Å²) < 4.78 is 11.1. The monoisotopic (exact) mass is 364 g/mol.